The molecule has 0 heterocycles. The van der Waals surface area contributed by atoms with Crippen molar-refractivity contribution in [2.75, 3.05) is 27.2 Å². The summed E-state index contributed by atoms with van der Waals surface area (Å²) >= 11 is 0. The molecule has 0 saturated carbocycles. The van der Waals surface area contributed by atoms with E-state index in [9.17, 15) is 9.59 Å². The van der Waals surface area contributed by atoms with Crippen LogP contribution < -0.4 is 5.32 Å². The average Bonchev–Trinajstić information content (AvgIpc) is 1.98. The molecule has 5 heteroatoms. The van der Waals surface area contributed by atoms with E-state index in [1.54, 1.807) is 20.8 Å². The second-order valence-electron chi connectivity index (χ2n) is 5.23. The minimum atomic E-state index is -1.07. The fourth-order valence-electron chi connectivity index (χ4n) is 1.38. The summed E-state index contributed by atoms with van der Waals surface area (Å²) < 4.78 is 0. The molecule has 0 aromatic rings. The Kier molecular flexibility index (Phi) is 5.44. The van der Waals surface area contributed by atoms with Gasteiger partial charge in [-0.15, -0.1) is 0 Å². The van der Waals surface area contributed by atoms with E-state index in [4.69, 9.17) is 5.11 Å². The fourth-order valence-corrected chi connectivity index (χ4v) is 1.38. The van der Waals surface area contributed by atoms with Crippen LogP contribution in [0.4, 0.5) is 0 Å². The first-order valence-corrected chi connectivity index (χ1v) is 5.31. The van der Waals surface area contributed by atoms with Gasteiger partial charge in [0.25, 0.3) is 0 Å². The first-order chi connectivity index (χ1) is 7.16. The lowest BCUT2D eigenvalue weighted by Crippen LogP contribution is -2.44. The highest BCUT2D eigenvalue weighted by Gasteiger charge is 2.37. The molecule has 0 spiro atoms. The molecule has 1 amide bonds. The Hall–Kier alpha value is -1.10. The molecular formula is C11H22N2O3. The molecule has 1 atom stereocenters. The lowest BCUT2D eigenvalue weighted by Gasteiger charge is -2.26. The van der Waals surface area contributed by atoms with Crippen LogP contribution in [-0.2, 0) is 9.59 Å². The minimum Gasteiger partial charge on any atom is -0.481 e. The number of nitrogens with one attached hydrogen (secondary N) is 1. The first-order valence-electron chi connectivity index (χ1n) is 5.31. The number of hydrogen-bond donors (Lipinski definition) is 2. The summed E-state index contributed by atoms with van der Waals surface area (Å²) in [6.45, 7) is 6.40. The molecular weight excluding hydrogens is 208 g/mol. The molecule has 0 fully saturated rings. The molecule has 5 nitrogen and oxygen atoms in total. The molecule has 0 rings (SSSR count). The number of rotatable bonds is 5. The van der Waals surface area contributed by atoms with Gasteiger partial charge in [-0.05, 0) is 19.5 Å². The van der Waals surface area contributed by atoms with E-state index in [1.165, 1.54) is 0 Å². The summed E-state index contributed by atoms with van der Waals surface area (Å²) in [4.78, 5) is 24.6. The Bertz CT molecular complexity index is 256. The van der Waals surface area contributed by atoms with Gasteiger partial charge in [-0.1, -0.05) is 20.8 Å². The molecule has 0 saturated heterocycles. The molecule has 0 aliphatic carbocycles. The normalized spacial score (nSPS) is 13.6. The zero-order valence-electron chi connectivity index (χ0n) is 10.7. The lowest BCUT2D eigenvalue weighted by molar-refractivity contribution is -0.151. The van der Waals surface area contributed by atoms with Gasteiger partial charge in [-0.25, -0.2) is 0 Å². The standard InChI is InChI=1S/C11H22N2O3/c1-11(2,3)8(10(15)16)9(14)12-6-7-13(4)5/h8H,6-7H2,1-5H3,(H,12,14)(H,15,16). The maximum Gasteiger partial charge on any atom is 0.316 e. The molecule has 2 N–H and O–H groups in total. The molecule has 0 bridgehead atoms. The lowest BCUT2D eigenvalue weighted by atomic mass is 9.80. The van der Waals surface area contributed by atoms with E-state index in [-0.39, 0.29) is 0 Å². The molecule has 0 aromatic heterocycles. The SMILES string of the molecule is CN(C)CCNC(=O)C(C(=O)O)C(C)(C)C. The van der Waals surface area contributed by atoms with Crippen molar-refractivity contribution in [2.24, 2.45) is 11.3 Å². The Morgan fingerprint density at radius 3 is 2.12 bits per heavy atom. The molecule has 16 heavy (non-hydrogen) atoms. The Morgan fingerprint density at radius 1 is 1.31 bits per heavy atom. The van der Waals surface area contributed by atoms with Gasteiger partial charge in [0.05, 0.1) is 0 Å². The molecule has 94 valence electrons. The highest BCUT2D eigenvalue weighted by molar-refractivity contribution is 5.97. The highest BCUT2D eigenvalue weighted by Crippen LogP contribution is 2.26. The van der Waals surface area contributed by atoms with Gasteiger partial charge in [0.15, 0.2) is 0 Å². The van der Waals surface area contributed by atoms with Crippen LogP contribution in [-0.4, -0.2) is 49.1 Å². The Balaban J connectivity index is 4.37. The predicted octanol–water partition coefficient (Wildman–Crippen LogP) is 0.411. The van der Waals surface area contributed by atoms with Crippen LogP contribution >= 0.6 is 0 Å². The summed E-state index contributed by atoms with van der Waals surface area (Å²) in [7, 11) is 3.79. The third-order valence-corrected chi connectivity index (χ3v) is 2.23. The first kappa shape index (κ1) is 14.9. The van der Waals surface area contributed by atoms with E-state index in [0.717, 1.165) is 0 Å². The van der Waals surface area contributed by atoms with Crippen LogP contribution in [0.25, 0.3) is 0 Å². The van der Waals surface area contributed by atoms with Crippen LogP contribution in [0.15, 0.2) is 0 Å². The monoisotopic (exact) mass is 230 g/mol. The summed E-state index contributed by atoms with van der Waals surface area (Å²) in [5.41, 5.74) is -0.575. The van der Waals surface area contributed by atoms with Crippen LogP contribution in [0.1, 0.15) is 20.8 Å². The second kappa shape index (κ2) is 5.84. The molecule has 0 aromatic carbocycles. The van der Waals surface area contributed by atoms with Crippen LogP contribution in [0.5, 0.6) is 0 Å². The summed E-state index contributed by atoms with van der Waals surface area (Å²) in [5.74, 6) is -2.49. The zero-order chi connectivity index (χ0) is 12.9. The summed E-state index contributed by atoms with van der Waals surface area (Å²) in [6.07, 6.45) is 0. The van der Waals surface area contributed by atoms with Crippen LogP contribution in [0, 0.1) is 11.3 Å². The van der Waals surface area contributed by atoms with Gasteiger partial charge in [0, 0.05) is 13.1 Å². The van der Waals surface area contributed by atoms with Crippen molar-refractivity contribution in [3.8, 4) is 0 Å². The van der Waals surface area contributed by atoms with Crippen molar-refractivity contribution in [2.45, 2.75) is 20.8 Å². The van der Waals surface area contributed by atoms with Gasteiger partial charge < -0.3 is 15.3 Å². The average molecular weight is 230 g/mol. The maximum atomic E-state index is 11.7. The summed E-state index contributed by atoms with van der Waals surface area (Å²) in [6, 6.07) is 0. The third kappa shape index (κ3) is 5.11. The van der Waals surface area contributed by atoms with Crippen molar-refractivity contribution in [3.63, 3.8) is 0 Å². The number of hydrogen-bond acceptors (Lipinski definition) is 3. The van der Waals surface area contributed by atoms with Crippen molar-refractivity contribution in [1.82, 2.24) is 10.2 Å². The zero-order valence-corrected chi connectivity index (χ0v) is 10.7. The van der Waals surface area contributed by atoms with Gasteiger partial charge in [0.2, 0.25) is 5.91 Å². The molecule has 0 aliphatic heterocycles. The predicted molar refractivity (Wildman–Crippen MR) is 62.1 cm³/mol. The van der Waals surface area contributed by atoms with Crippen molar-refractivity contribution >= 4 is 11.9 Å². The Labute approximate surface area is 96.8 Å². The quantitative estimate of drug-likeness (QED) is 0.671. The third-order valence-electron chi connectivity index (χ3n) is 2.23. The van der Waals surface area contributed by atoms with Crippen molar-refractivity contribution in [1.29, 1.82) is 0 Å². The minimum absolute atomic E-state index is 0.415. The number of amides is 1. The molecule has 1 unspecified atom stereocenters. The van der Waals surface area contributed by atoms with Crippen molar-refractivity contribution in [3.05, 3.63) is 0 Å². The van der Waals surface area contributed by atoms with Gasteiger partial charge in [-0.3, -0.25) is 9.59 Å². The number of carboxylic acids is 1. The van der Waals surface area contributed by atoms with Gasteiger partial charge >= 0.3 is 5.97 Å². The van der Waals surface area contributed by atoms with E-state index in [1.807, 2.05) is 19.0 Å². The largest absolute Gasteiger partial charge is 0.481 e. The Morgan fingerprint density at radius 2 is 1.81 bits per heavy atom. The smallest absolute Gasteiger partial charge is 0.316 e. The van der Waals surface area contributed by atoms with Gasteiger partial charge in [0.1, 0.15) is 5.92 Å². The van der Waals surface area contributed by atoms with E-state index in [0.29, 0.717) is 13.1 Å². The van der Waals surface area contributed by atoms with Crippen LogP contribution in [0.3, 0.4) is 0 Å². The summed E-state index contributed by atoms with van der Waals surface area (Å²) in [5, 5.41) is 11.7. The number of carbonyl (C=O) groups is 2. The number of carboxylic acid groups (broad SMARTS) is 1. The molecule has 0 radical (unpaired) electrons. The molecule has 0 aliphatic rings. The maximum absolute atomic E-state index is 11.7. The van der Waals surface area contributed by atoms with E-state index in [2.05, 4.69) is 5.32 Å². The number of likely N-dealkylation sites (N-methyl/N-ethyl adjacent to an activating group) is 1. The number of carbonyl (C=O) groups excluding carboxylic acids is 1. The number of aliphatic carboxylic acids is 1. The topological polar surface area (TPSA) is 69.6 Å². The van der Waals surface area contributed by atoms with E-state index < -0.39 is 23.2 Å². The van der Waals surface area contributed by atoms with Crippen molar-refractivity contribution < 1.29 is 14.7 Å². The fraction of sp³-hybridized carbons (Fsp3) is 0.818. The van der Waals surface area contributed by atoms with Gasteiger partial charge in [-0.2, -0.15) is 0 Å². The number of nitrogens with zero attached hydrogens (tertiary/aromatic N) is 1. The second-order valence-corrected chi connectivity index (χ2v) is 5.23. The van der Waals surface area contributed by atoms with Crippen LogP contribution in [0.2, 0.25) is 0 Å². The van der Waals surface area contributed by atoms with E-state index >= 15 is 0 Å². The highest BCUT2D eigenvalue weighted by atomic mass is 16.4.